The molecule has 0 atom stereocenters. The van der Waals surface area contributed by atoms with Gasteiger partial charge in [0.1, 0.15) is 0 Å². The Kier molecular flexibility index (Phi) is 7.94. The zero-order chi connectivity index (χ0) is 25.1. The predicted octanol–water partition coefficient (Wildman–Crippen LogP) is 3.78. The number of hydrogen-bond donors (Lipinski definition) is 0. The van der Waals surface area contributed by atoms with Gasteiger partial charge in [-0.3, -0.25) is 14.6 Å². The zero-order valence-electron chi connectivity index (χ0n) is 20.3. The number of carbonyl (C=O) groups excluding carboxylic acids is 1. The molecule has 0 radical (unpaired) electrons. The number of ether oxygens (including phenoxy) is 1. The van der Waals surface area contributed by atoms with Gasteiger partial charge in [0.15, 0.2) is 5.13 Å². The average Bonchev–Trinajstić information content (AvgIpc) is 3.60. The Balaban J connectivity index is 1.43. The molecule has 0 saturated carbocycles. The molecule has 2 aromatic carbocycles. The first kappa shape index (κ1) is 25.6. The van der Waals surface area contributed by atoms with E-state index in [9.17, 15) is 13.2 Å². The number of benzene rings is 2. The number of thiazole rings is 1. The minimum Gasteiger partial charge on any atom is -0.379 e. The number of para-hydroxylation sites is 1. The largest absolute Gasteiger partial charge is 0.379 e. The number of fused-ring (bicyclic) bond motifs is 1. The van der Waals surface area contributed by atoms with Gasteiger partial charge < -0.3 is 4.74 Å². The normalized spacial score (nSPS) is 17.6. The molecule has 8 nitrogen and oxygen atoms in total. The van der Waals surface area contributed by atoms with Gasteiger partial charge in [0, 0.05) is 49.7 Å². The predicted molar refractivity (Wildman–Crippen MR) is 145 cm³/mol. The number of morpholine rings is 1. The van der Waals surface area contributed by atoms with Crippen molar-refractivity contribution in [2.45, 2.75) is 22.6 Å². The van der Waals surface area contributed by atoms with Crippen molar-refractivity contribution in [3.8, 4) is 0 Å². The molecule has 1 amide bonds. The lowest BCUT2D eigenvalue weighted by Gasteiger charge is -2.29. The molecule has 3 heterocycles. The fourth-order valence-electron chi connectivity index (χ4n) is 4.54. The first-order chi connectivity index (χ1) is 17.5. The lowest BCUT2D eigenvalue weighted by atomic mass is 10.2. The molecule has 1 aromatic heterocycles. The third-order valence-electron chi connectivity index (χ3n) is 6.61. The second kappa shape index (κ2) is 11.2. The summed E-state index contributed by atoms with van der Waals surface area (Å²) >= 11 is 3.14. The van der Waals surface area contributed by atoms with Crippen molar-refractivity contribution in [2.24, 2.45) is 0 Å². The van der Waals surface area contributed by atoms with Crippen molar-refractivity contribution in [1.82, 2.24) is 14.2 Å². The standard InChI is InChI=1S/C25H30N4O4S3/c1-34-21-5-4-6-22-23(21)26-25(35-22)29(14-13-27-15-17-33-18-16-27)24(30)19-7-9-20(10-8-19)36(31,32)28-11-2-3-12-28/h4-10H,2-3,11-18H2,1H3. The monoisotopic (exact) mass is 546 g/mol. The van der Waals surface area contributed by atoms with E-state index in [4.69, 9.17) is 9.72 Å². The van der Waals surface area contributed by atoms with E-state index in [0.29, 0.717) is 50.1 Å². The highest BCUT2D eigenvalue weighted by atomic mass is 32.2. The third-order valence-corrected chi connectivity index (χ3v) is 10.3. The number of sulfonamides is 1. The lowest BCUT2D eigenvalue weighted by molar-refractivity contribution is 0.0391. The van der Waals surface area contributed by atoms with E-state index in [-0.39, 0.29) is 10.8 Å². The molecule has 0 N–H and O–H groups in total. The highest BCUT2D eigenvalue weighted by Gasteiger charge is 2.28. The summed E-state index contributed by atoms with van der Waals surface area (Å²) in [4.78, 5) is 23.9. The van der Waals surface area contributed by atoms with Crippen molar-refractivity contribution in [1.29, 1.82) is 0 Å². The van der Waals surface area contributed by atoms with Crippen LogP contribution in [0, 0.1) is 0 Å². The summed E-state index contributed by atoms with van der Waals surface area (Å²) in [5.41, 5.74) is 1.35. The first-order valence-electron chi connectivity index (χ1n) is 12.1. The fraction of sp³-hybridized carbons (Fsp3) is 0.440. The maximum Gasteiger partial charge on any atom is 0.260 e. The van der Waals surface area contributed by atoms with Crippen molar-refractivity contribution < 1.29 is 17.9 Å². The SMILES string of the molecule is CSc1cccc2sc(N(CCN3CCOCC3)C(=O)c3ccc(S(=O)(=O)N4CCCC4)cc3)nc12. The number of amides is 1. The Hall–Kier alpha value is -2.02. The Bertz CT molecular complexity index is 1310. The Morgan fingerprint density at radius 2 is 1.81 bits per heavy atom. The van der Waals surface area contributed by atoms with Gasteiger partial charge in [0.05, 0.1) is 28.3 Å². The van der Waals surface area contributed by atoms with Crippen LogP contribution in [0.15, 0.2) is 52.3 Å². The van der Waals surface area contributed by atoms with E-state index in [2.05, 4.69) is 4.90 Å². The molecule has 2 fully saturated rings. The highest BCUT2D eigenvalue weighted by Crippen LogP contribution is 2.34. The van der Waals surface area contributed by atoms with Crippen LogP contribution in [0.3, 0.4) is 0 Å². The van der Waals surface area contributed by atoms with E-state index >= 15 is 0 Å². The Morgan fingerprint density at radius 1 is 1.08 bits per heavy atom. The van der Waals surface area contributed by atoms with E-state index in [0.717, 1.165) is 41.0 Å². The first-order valence-corrected chi connectivity index (χ1v) is 15.6. The van der Waals surface area contributed by atoms with Crippen LogP contribution in [0.5, 0.6) is 0 Å². The fourth-order valence-corrected chi connectivity index (χ4v) is 7.71. The van der Waals surface area contributed by atoms with Crippen LogP contribution < -0.4 is 4.90 Å². The van der Waals surface area contributed by atoms with E-state index in [1.807, 2.05) is 24.5 Å². The van der Waals surface area contributed by atoms with Gasteiger partial charge in [-0.1, -0.05) is 17.4 Å². The summed E-state index contributed by atoms with van der Waals surface area (Å²) in [6.07, 6.45) is 3.79. The molecule has 192 valence electrons. The van der Waals surface area contributed by atoms with Crippen LogP contribution >= 0.6 is 23.1 Å². The number of hydrogen-bond acceptors (Lipinski definition) is 8. The second-order valence-corrected chi connectivity index (χ2v) is 12.6. The molecular weight excluding hydrogens is 517 g/mol. The number of thioether (sulfide) groups is 1. The highest BCUT2D eigenvalue weighted by molar-refractivity contribution is 7.98. The molecule has 3 aromatic rings. The van der Waals surface area contributed by atoms with Gasteiger partial charge in [-0.2, -0.15) is 4.31 Å². The van der Waals surface area contributed by atoms with Crippen LogP contribution in [-0.4, -0.2) is 87.3 Å². The van der Waals surface area contributed by atoms with Crippen LogP contribution in [-0.2, 0) is 14.8 Å². The number of rotatable bonds is 8. The van der Waals surface area contributed by atoms with Crippen molar-refractivity contribution >= 4 is 54.4 Å². The number of carbonyl (C=O) groups is 1. The lowest BCUT2D eigenvalue weighted by Crippen LogP contribution is -2.43. The second-order valence-electron chi connectivity index (χ2n) is 8.85. The van der Waals surface area contributed by atoms with Gasteiger partial charge in [-0.15, -0.1) is 11.8 Å². The minimum atomic E-state index is -3.53. The Morgan fingerprint density at radius 3 is 2.50 bits per heavy atom. The zero-order valence-corrected chi connectivity index (χ0v) is 22.7. The van der Waals surface area contributed by atoms with Gasteiger partial charge in [0.25, 0.3) is 5.91 Å². The van der Waals surface area contributed by atoms with Crippen LogP contribution in [0.25, 0.3) is 10.2 Å². The van der Waals surface area contributed by atoms with E-state index in [1.165, 1.54) is 15.6 Å². The number of nitrogens with zero attached hydrogens (tertiary/aromatic N) is 4. The summed E-state index contributed by atoms with van der Waals surface area (Å²) < 4.78 is 33.8. The maximum atomic E-state index is 13.8. The maximum absolute atomic E-state index is 13.8. The quantitative estimate of drug-likeness (QED) is 0.398. The average molecular weight is 547 g/mol. The smallest absolute Gasteiger partial charge is 0.260 e. The van der Waals surface area contributed by atoms with Crippen LogP contribution in [0.4, 0.5) is 5.13 Å². The molecule has 2 aliphatic rings. The molecular formula is C25H30N4O4S3. The third kappa shape index (κ3) is 5.32. The molecule has 36 heavy (non-hydrogen) atoms. The summed E-state index contributed by atoms with van der Waals surface area (Å²) in [5.74, 6) is -0.182. The Labute approximate surface area is 220 Å². The minimum absolute atomic E-state index is 0.182. The van der Waals surface area contributed by atoms with Crippen molar-refractivity contribution in [2.75, 3.05) is 63.6 Å². The van der Waals surface area contributed by atoms with Crippen LogP contribution in [0.2, 0.25) is 0 Å². The summed E-state index contributed by atoms with van der Waals surface area (Å²) in [6, 6.07) is 12.4. The molecule has 0 unspecified atom stereocenters. The molecule has 5 rings (SSSR count). The van der Waals surface area contributed by atoms with Gasteiger partial charge in [0.2, 0.25) is 10.0 Å². The number of anilines is 1. The molecule has 0 aliphatic carbocycles. The summed E-state index contributed by atoms with van der Waals surface area (Å²) in [6.45, 7) is 5.35. The topological polar surface area (TPSA) is 83.0 Å². The van der Waals surface area contributed by atoms with Crippen molar-refractivity contribution in [3.05, 3.63) is 48.0 Å². The van der Waals surface area contributed by atoms with E-state index in [1.54, 1.807) is 40.9 Å². The summed E-state index contributed by atoms with van der Waals surface area (Å²) in [7, 11) is -3.53. The van der Waals surface area contributed by atoms with E-state index < -0.39 is 10.0 Å². The number of aromatic nitrogens is 1. The molecule has 11 heteroatoms. The van der Waals surface area contributed by atoms with Gasteiger partial charge in [-0.05, 0) is 55.5 Å². The molecule has 0 spiro atoms. The molecule has 2 aliphatic heterocycles. The molecule has 0 bridgehead atoms. The van der Waals surface area contributed by atoms with Crippen LogP contribution in [0.1, 0.15) is 23.2 Å². The molecule has 2 saturated heterocycles. The summed E-state index contributed by atoms with van der Waals surface area (Å²) in [5, 5.41) is 0.651. The van der Waals surface area contributed by atoms with Gasteiger partial charge >= 0.3 is 0 Å². The van der Waals surface area contributed by atoms with Gasteiger partial charge in [-0.25, -0.2) is 13.4 Å². The van der Waals surface area contributed by atoms with Crippen molar-refractivity contribution in [3.63, 3.8) is 0 Å².